The number of ether oxygens (including phenoxy) is 2. The maximum atomic E-state index is 12.7. The minimum Gasteiger partial charge on any atom is -0.490 e. The number of carbonyl (C=O) groups is 1. The van der Waals surface area contributed by atoms with Gasteiger partial charge in [-0.15, -0.1) is 12.4 Å². The van der Waals surface area contributed by atoms with Crippen molar-refractivity contribution < 1.29 is 14.3 Å². The number of fused-ring (bicyclic) bond motifs is 1. The second kappa shape index (κ2) is 10.3. The maximum Gasteiger partial charge on any atom is 0.224 e. The highest BCUT2D eigenvalue weighted by Gasteiger charge is 2.25. The number of rotatable bonds is 6. The van der Waals surface area contributed by atoms with Gasteiger partial charge < -0.3 is 19.7 Å². The summed E-state index contributed by atoms with van der Waals surface area (Å²) < 4.78 is 11.4. The van der Waals surface area contributed by atoms with E-state index in [4.69, 9.17) is 9.47 Å². The van der Waals surface area contributed by atoms with Crippen LogP contribution in [-0.4, -0.2) is 54.7 Å². The van der Waals surface area contributed by atoms with Gasteiger partial charge in [-0.05, 0) is 43.5 Å². The standard InChI is InChI=1S/C19H28N2O3S.ClH/c1-3-23-17-9-14-5-7-21(12-15(14)10-18(17)24-4-2)19(22)11-16-13-25-8-6-20-16;/h9-10,16,20H,3-8,11-13H2,1-2H3;1H. The fourth-order valence-electron chi connectivity index (χ4n) is 3.40. The average Bonchev–Trinajstić information content (AvgIpc) is 2.63. The topological polar surface area (TPSA) is 50.8 Å². The summed E-state index contributed by atoms with van der Waals surface area (Å²) in [5, 5.41) is 3.45. The zero-order chi connectivity index (χ0) is 17.6. The lowest BCUT2D eigenvalue weighted by Gasteiger charge is -2.32. The average molecular weight is 401 g/mol. The van der Waals surface area contributed by atoms with E-state index in [9.17, 15) is 4.79 Å². The Hall–Kier alpha value is -1.11. The fourth-order valence-corrected chi connectivity index (χ4v) is 4.35. The van der Waals surface area contributed by atoms with E-state index in [2.05, 4.69) is 17.4 Å². The molecule has 3 rings (SSSR count). The SMILES string of the molecule is CCOc1cc2c(cc1OCC)CN(C(=O)CC1CSCCN1)CC2.Cl. The van der Waals surface area contributed by atoms with Crippen LogP contribution in [-0.2, 0) is 17.8 Å². The highest BCUT2D eigenvalue weighted by molar-refractivity contribution is 7.99. The zero-order valence-corrected chi connectivity index (χ0v) is 17.2. The summed E-state index contributed by atoms with van der Waals surface area (Å²) >= 11 is 1.93. The van der Waals surface area contributed by atoms with Gasteiger partial charge in [0.15, 0.2) is 11.5 Å². The molecule has 7 heteroatoms. The molecule has 0 aromatic heterocycles. The van der Waals surface area contributed by atoms with Gasteiger partial charge in [0.1, 0.15) is 0 Å². The molecule has 0 bridgehead atoms. The first kappa shape index (κ1) is 21.2. The zero-order valence-electron chi connectivity index (χ0n) is 15.6. The van der Waals surface area contributed by atoms with Gasteiger partial charge in [-0.25, -0.2) is 0 Å². The van der Waals surface area contributed by atoms with Gasteiger partial charge in [-0.3, -0.25) is 4.79 Å². The molecule has 1 fully saturated rings. The molecule has 0 saturated carbocycles. The van der Waals surface area contributed by atoms with E-state index in [0.29, 0.717) is 32.2 Å². The number of amides is 1. The number of hydrogen-bond acceptors (Lipinski definition) is 5. The Kier molecular flexibility index (Phi) is 8.38. The molecule has 1 saturated heterocycles. The Bertz CT molecular complexity index is 609. The molecule has 1 aromatic carbocycles. The second-order valence-corrected chi connectivity index (χ2v) is 7.58. The first-order valence-electron chi connectivity index (χ1n) is 9.21. The molecule has 5 nitrogen and oxygen atoms in total. The third-order valence-corrected chi connectivity index (χ3v) is 5.78. The molecule has 1 aromatic rings. The molecule has 1 unspecified atom stereocenters. The van der Waals surface area contributed by atoms with Crippen molar-refractivity contribution in [1.29, 1.82) is 0 Å². The second-order valence-electron chi connectivity index (χ2n) is 6.43. The van der Waals surface area contributed by atoms with Crippen LogP contribution in [0.1, 0.15) is 31.4 Å². The summed E-state index contributed by atoms with van der Waals surface area (Å²) in [4.78, 5) is 14.7. The lowest BCUT2D eigenvalue weighted by molar-refractivity contribution is -0.132. The van der Waals surface area contributed by atoms with E-state index in [1.165, 1.54) is 11.1 Å². The highest BCUT2D eigenvalue weighted by atomic mass is 35.5. The predicted octanol–water partition coefficient (Wildman–Crippen LogP) is 2.89. The number of hydrogen-bond donors (Lipinski definition) is 1. The number of nitrogens with zero attached hydrogens (tertiary/aromatic N) is 1. The smallest absolute Gasteiger partial charge is 0.224 e. The van der Waals surface area contributed by atoms with E-state index < -0.39 is 0 Å². The summed E-state index contributed by atoms with van der Waals surface area (Å²) in [6, 6.07) is 4.45. The van der Waals surface area contributed by atoms with E-state index >= 15 is 0 Å². The van der Waals surface area contributed by atoms with Crippen molar-refractivity contribution in [3.63, 3.8) is 0 Å². The van der Waals surface area contributed by atoms with Crippen LogP contribution in [0.2, 0.25) is 0 Å². The number of halogens is 1. The first-order valence-corrected chi connectivity index (χ1v) is 10.4. The van der Waals surface area contributed by atoms with E-state index in [0.717, 1.165) is 42.5 Å². The van der Waals surface area contributed by atoms with Gasteiger partial charge in [-0.1, -0.05) is 0 Å². The Morgan fingerprint density at radius 1 is 1.23 bits per heavy atom. The number of carbonyl (C=O) groups excluding carboxylic acids is 1. The normalized spacial score (nSPS) is 19.3. The van der Waals surface area contributed by atoms with Crippen molar-refractivity contribution in [2.24, 2.45) is 0 Å². The third kappa shape index (κ3) is 5.21. The number of thioether (sulfide) groups is 1. The predicted molar refractivity (Wildman–Crippen MR) is 109 cm³/mol. The van der Waals surface area contributed by atoms with Crippen LogP contribution in [0.5, 0.6) is 11.5 Å². The van der Waals surface area contributed by atoms with Gasteiger partial charge in [0.05, 0.1) is 13.2 Å². The highest BCUT2D eigenvalue weighted by Crippen LogP contribution is 2.34. The first-order chi connectivity index (χ1) is 12.2. The van der Waals surface area contributed by atoms with E-state index in [1.54, 1.807) is 0 Å². The van der Waals surface area contributed by atoms with E-state index in [1.807, 2.05) is 30.5 Å². The Labute approximate surface area is 166 Å². The molecule has 146 valence electrons. The van der Waals surface area contributed by atoms with Gasteiger partial charge in [-0.2, -0.15) is 11.8 Å². The number of benzene rings is 1. The number of nitrogens with one attached hydrogen (secondary N) is 1. The summed E-state index contributed by atoms with van der Waals surface area (Å²) in [5.74, 6) is 4.01. The lowest BCUT2D eigenvalue weighted by atomic mass is 9.98. The van der Waals surface area contributed by atoms with Gasteiger partial charge in [0.2, 0.25) is 5.91 Å². The van der Waals surface area contributed by atoms with Crippen molar-refractivity contribution in [2.45, 2.75) is 39.3 Å². The molecule has 0 aliphatic carbocycles. The molecule has 1 amide bonds. The molecule has 2 aliphatic heterocycles. The van der Waals surface area contributed by atoms with E-state index in [-0.39, 0.29) is 18.3 Å². The van der Waals surface area contributed by atoms with Crippen molar-refractivity contribution >= 4 is 30.1 Å². The van der Waals surface area contributed by atoms with Crippen LogP contribution < -0.4 is 14.8 Å². The summed E-state index contributed by atoms with van der Waals surface area (Å²) in [6.45, 7) is 7.63. The third-order valence-electron chi connectivity index (χ3n) is 4.65. The van der Waals surface area contributed by atoms with Crippen molar-refractivity contribution in [3.05, 3.63) is 23.3 Å². The quantitative estimate of drug-likeness (QED) is 0.795. The van der Waals surface area contributed by atoms with Crippen LogP contribution >= 0.6 is 24.2 Å². The van der Waals surface area contributed by atoms with Crippen LogP contribution in [0.3, 0.4) is 0 Å². The fraction of sp³-hybridized carbons (Fsp3) is 0.632. The van der Waals surface area contributed by atoms with Gasteiger partial charge in [0.25, 0.3) is 0 Å². The van der Waals surface area contributed by atoms with Crippen LogP contribution in [0, 0.1) is 0 Å². The van der Waals surface area contributed by atoms with Crippen LogP contribution in [0.4, 0.5) is 0 Å². The van der Waals surface area contributed by atoms with Gasteiger partial charge in [0, 0.05) is 43.6 Å². The molecule has 1 N–H and O–H groups in total. The largest absolute Gasteiger partial charge is 0.490 e. The van der Waals surface area contributed by atoms with Crippen LogP contribution in [0.15, 0.2) is 12.1 Å². The summed E-state index contributed by atoms with van der Waals surface area (Å²) in [5.41, 5.74) is 2.44. The minimum atomic E-state index is 0. The molecule has 0 radical (unpaired) electrons. The van der Waals surface area contributed by atoms with Gasteiger partial charge >= 0.3 is 0 Å². The molecule has 26 heavy (non-hydrogen) atoms. The Balaban J connectivity index is 0.00000243. The Morgan fingerprint density at radius 2 is 1.92 bits per heavy atom. The van der Waals surface area contributed by atoms with Crippen molar-refractivity contribution in [3.8, 4) is 11.5 Å². The summed E-state index contributed by atoms with van der Waals surface area (Å²) in [6.07, 6.45) is 1.47. The molecule has 1 atom stereocenters. The lowest BCUT2D eigenvalue weighted by Crippen LogP contribution is -2.43. The molecule has 0 spiro atoms. The summed E-state index contributed by atoms with van der Waals surface area (Å²) in [7, 11) is 0. The maximum absolute atomic E-state index is 12.7. The molecule has 2 heterocycles. The van der Waals surface area contributed by atoms with Crippen molar-refractivity contribution in [2.75, 3.05) is 37.8 Å². The molecule has 2 aliphatic rings. The molecular weight excluding hydrogens is 372 g/mol. The van der Waals surface area contributed by atoms with Crippen molar-refractivity contribution in [1.82, 2.24) is 10.2 Å². The minimum absolute atomic E-state index is 0. The Morgan fingerprint density at radius 3 is 2.54 bits per heavy atom. The molecular formula is C19H29ClN2O3S. The monoisotopic (exact) mass is 400 g/mol. The van der Waals surface area contributed by atoms with Crippen LogP contribution in [0.25, 0.3) is 0 Å².